The molecule has 1 aliphatic heterocycles. The van der Waals surface area contributed by atoms with Gasteiger partial charge in [0.05, 0.1) is 13.2 Å². The Kier molecular flexibility index (Phi) is 6.01. The second kappa shape index (κ2) is 8.01. The first-order valence-corrected chi connectivity index (χ1v) is 7.44. The quantitative estimate of drug-likeness (QED) is 0.729. The van der Waals surface area contributed by atoms with Gasteiger partial charge in [-0.25, -0.2) is 9.97 Å². The van der Waals surface area contributed by atoms with Crippen molar-refractivity contribution in [1.29, 1.82) is 0 Å². The molecule has 3 N–H and O–H groups in total. The number of nitrogens with two attached hydrogens (primary N) is 1. The maximum atomic E-state index is 5.92. The first-order valence-electron chi connectivity index (χ1n) is 7.44. The fraction of sp³-hybridized carbons (Fsp3) is 0.714. The van der Waals surface area contributed by atoms with E-state index in [0.717, 1.165) is 70.0 Å². The Morgan fingerprint density at radius 2 is 2.15 bits per heavy atom. The molecule has 2 rings (SSSR count). The van der Waals surface area contributed by atoms with Gasteiger partial charge >= 0.3 is 0 Å². The van der Waals surface area contributed by atoms with Gasteiger partial charge in [0.15, 0.2) is 0 Å². The summed E-state index contributed by atoms with van der Waals surface area (Å²) in [4.78, 5) is 10.8. The van der Waals surface area contributed by atoms with Crippen LogP contribution in [0.2, 0.25) is 0 Å². The van der Waals surface area contributed by atoms with Crippen molar-refractivity contribution in [3.8, 4) is 0 Å². The predicted octanol–water partition coefficient (Wildman–Crippen LogP) is 1.15. The number of hydrogen-bond acceptors (Lipinski definition) is 6. The lowest BCUT2D eigenvalue weighted by Crippen LogP contribution is -2.37. The number of morpholine rings is 1. The van der Waals surface area contributed by atoms with E-state index in [1.54, 1.807) is 0 Å². The molecule has 1 fully saturated rings. The van der Waals surface area contributed by atoms with Gasteiger partial charge < -0.3 is 15.8 Å². The van der Waals surface area contributed by atoms with Crippen LogP contribution in [0.5, 0.6) is 0 Å². The molecule has 6 nitrogen and oxygen atoms in total. The van der Waals surface area contributed by atoms with Gasteiger partial charge in [-0.2, -0.15) is 0 Å². The molecular formula is C14H25N5O. The Balaban J connectivity index is 1.77. The Bertz CT molecular complexity index is 407. The highest BCUT2D eigenvalue weighted by molar-refractivity contribution is 5.54. The minimum atomic E-state index is 0.595. The number of rotatable bonds is 7. The molecule has 6 heteroatoms. The standard InChI is InChI=1S/C14H25N5O/c1-2-4-12-13(15)17-11-18-14(12)16-5-3-6-19-7-9-20-10-8-19/h11H,2-10H2,1H3,(H3,15,16,17,18). The summed E-state index contributed by atoms with van der Waals surface area (Å²) in [6, 6.07) is 0. The van der Waals surface area contributed by atoms with Crippen LogP contribution in [0.25, 0.3) is 0 Å². The van der Waals surface area contributed by atoms with E-state index in [2.05, 4.69) is 27.1 Å². The maximum Gasteiger partial charge on any atom is 0.134 e. The van der Waals surface area contributed by atoms with E-state index in [4.69, 9.17) is 10.5 Å². The molecular weight excluding hydrogens is 254 g/mol. The monoisotopic (exact) mass is 279 g/mol. The van der Waals surface area contributed by atoms with Gasteiger partial charge in [0.2, 0.25) is 0 Å². The largest absolute Gasteiger partial charge is 0.383 e. The van der Waals surface area contributed by atoms with Crippen molar-refractivity contribution in [3.05, 3.63) is 11.9 Å². The lowest BCUT2D eigenvalue weighted by Gasteiger charge is -2.26. The van der Waals surface area contributed by atoms with Gasteiger partial charge in [0.25, 0.3) is 0 Å². The van der Waals surface area contributed by atoms with Crippen molar-refractivity contribution in [2.45, 2.75) is 26.2 Å². The van der Waals surface area contributed by atoms with E-state index in [0.29, 0.717) is 5.82 Å². The van der Waals surface area contributed by atoms with Crippen LogP contribution in [0.1, 0.15) is 25.3 Å². The smallest absolute Gasteiger partial charge is 0.134 e. The molecule has 0 bridgehead atoms. The molecule has 0 saturated carbocycles. The van der Waals surface area contributed by atoms with Crippen LogP contribution in [-0.2, 0) is 11.2 Å². The average molecular weight is 279 g/mol. The Labute approximate surface area is 120 Å². The molecule has 0 unspecified atom stereocenters. The van der Waals surface area contributed by atoms with Gasteiger partial charge in [0.1, 0.15) is 18.0 Å². The topological polar surface area (TPSA) is 76.3 Å². The summed E-state index contributed by atoms with van der Waals surface area (Å²) in [6.07, 6.45) is 4.58. The van der Waals surface area contributed by atoms with E-state index >= 15 is 0 Å². The van der Waals surface area contributed by atoms with E-state index < -0.39 is 0 Å². The van der Waals surface area contributed by atoms with E-state index in [-0.39, 0.29) is 0 Å². The molecule has 0 atom stereocenters. The summed E-state index contributed by atoms with van der Waals surface area (Å²) in [5, 5.41) is 3.39. The first-order chi connectivity index (χ1) is 9.81. The third kappa shape index (κ3) is 4.31. The normalized spacial score (nSPS) is 16.2. The molecule has 112 valence electrons. The minimum absolute atomic E-state index is 0.595. The molecule has 0 amide bonds. The highest BCUT2D eigenvalue weighted by Gasteiger charge is 2.10. The van der Waals surface area contributed by atoms with Crippen molar-refractivity contribution in [1.82, 2.24) is 14.9 Å². The van der Waals surface area contributed by atoms with Gasteiger partial charge in [-0.05, 0) is 19.4 Å². The number of hydrogen-bond donors (Lipinski definition) is 2. The van der Waals surface area contributed by atoms with Gasteiger partial charge in [-0.3, -0.25) is 4.90 Å². The zero-order chi connectivity index (χ0) is 14.2. The molecule has 1 saturated heterocycles. The van der Waals surface area contributed by atoms with Crippen molar-refractivity contribution < 1.29 is 4.74 Å². The number of nitrogen functional groups attached to an aromatic ring is 1. The molecule has 20 heavy (non-hydrogen) atoms. The van der Waals surface area contributed by atoms with Gasteiger partial charge in [-0.1, -0.05) is 13.3 Å². The van der Waals surface area contributed by atoms with Crippen molar-refractivity contribution in [2.75, 3.05) is 50.4 Å². The Morgan fingerprint density at radius 3 is 2.90 bits per heavy atom. The first kappa shape index (κ1) is 15.0. The molecule has 2 heterocycles. The third-order valence-electron chi connectivity index (χ3n) is 3.53. The number of anilines is 2. The van der Waals surface area contributed by atoms with Crippen LogP contribution in [0.3, 0.4) is 0 Å². The molecule has 0 spiro atoms. The van der Waals surface area contributed by atoms with Crippen molar-refractivity contribution in [3.63, 3.8) is 0 Å². The summed E-state index contributed by atoms with van der Waals surface area (Å²) in [6.45, 7) is 7.94. The number of nitrogens with zero attached hydrogens (tertiary/aromatic N) is 3. The van der Waals surface area contributed by atoms with E-state index in [1.165, 1.54) is 6.33 Å². The highest BCUT2D eigenvalue weighted by atomic mass is 16.5. The maximum absolute atomic E-state index is 5.92. The van der Waals surface area contributed by atoms with Crippen LogP contribution in [-0.4, -0.2) is 54.3 Å². The SMILES string of the molecule is CCCc1c(N)ncnc1NCCCN1CCOCC1. The van der Waals surface area contributed by atoms with Crippen LogP contribution in [0.15, 0.2) is 6.33 Å². The molecule has 1 aliphatic rings. The van der Waals surface area contributed by atoms with Crippen LogP contribution < -0.4 is 11.1 Å². The number of ether oxygens (including phenoxy) is 1. The van der Waals surface area contributed by atoms with Crippen LogP contribution in [0.4, 0.5) is 11.6 Å². The third-order valence-corrected chi connectivity index (χ3v) is 3.53. The van der Waals surface area contributed by atoms with Gasteiger partial charge in [0, 0.05) is 25.2 Å². The summed E-state index contributed by atoms with van der Waals surface area (Å²) in [7, 11) is 0. The Morgan fingerprint density at radius 1 is 1.35 bits per heavy atom. The molecule has 0 aromatic carbocycles. The second-order valence-electron chi connectivity index (χ2n) is 5.07. The fourth-order valence-electron chi connectivity index (χ4n) is 2.41. The zero-order valence-corrected chi connectivity index (χ0v) is 12.3. The summed E-state index contributed by atoms with van der Waals surface area (Å²) < 4.78 is 5.34. The predicted molar refractivity (Wildman–Crippen MR) is 80.8 cm³/mol. The summed E-state index contributed by atoms with van der Waals surface area (Å²) >= 11 is 0. The van der Waals surface area contributed by atoms with Crippen molar-refractivity contribution >= 4 is 11.6 Å². The van der Waals surface area contributed by atoms with E-state index in [1.807, 2.05) is 0 Å². The molecule has 0 radical (unpaired) electrons. The summed E-state index contributed by atoms with van der Waals surface area (Å²) in [5.41, 5.74) is 6.96. The number of nitrogens with one attached hydrogen (secondary N) is 1. The minimum Gasteiger partial charge on any atom is -0.383 e. The average Bonchev–Trinajstić information content (AvgIpc) is 2.48. The second-order valence-corrected chi connectivity index (χ2v) is 5.07. The van der Waals surface area contributed by atoms with Gasteiger partial charge in [-0.15, -0.1) is 0 Å². The number of aromatic nitrogens is 2. The van der Waals surface area contributed by atoms with Crippen molar-refractivity contribution in [2.24, 2.45) is 0 Å². The highest BCUT2D eigenvalue weighted by Crippen LogP contribution is 2.18. The lowest BCUT2D eigenvalue weighted by molar-refractivity contribution is 0.0378. The lowest BCUT2D eigenvalue weighted by atomic mass is 10.1. The molecule has 0 aliphatic carbocycles. The molecule has 1 aromatic heterocycles. The zero-order valence-electron chi connectivity index (χ0n) is 12.3. The van der Waals surface area contributed by atoms with E-state index in [9.17, 15) is 0 Å². The van der Waals surface area contributed by atoms with Crippen LogP contribution in [0, 0.1) is 0 Å². The van der Waals surface area contributed by atoms with Crippen LogP contribution >= 0.6 is 0 Å². The fourth-order valence-corrected chi connectivity index (χ4v) is 2.41. The summed E-state index contributed by atoms with van der Waals surface area (Å²) in [5.74, 6) is 1.49. The Hall–Kier alpha value is -1.40. The molecule has 1 aromatic rings.